The molecule has 0 radical (unpaired) electrons. The van der Waals surface area contributed by atoms with Gasteiger partial charge in [0, 0.05) is 18.8 Å². The maximum Gasteiger partial charge on any atom is 0.307 e. The highest BCUT2D eigenvalue weighted by atomic mass is 16.5. The number of aromatic nitrogens is 3. The molecule has 1 aliphatic rings. The number of ether oxygens (including phenoxy) is 3. The molecule has 2 aromatic heterocycles. The molecule has 0 N–H and O–H groups in total. The highest BCUT2D eigenvalue weighted by Crippen LogP contribution is 2.40. The molecule has 4 rings (SSSR count). The van der Waals surface area contributed by atoms with Gasteiger partial charge in [0.1, 0.15) is 5.69 Å². The lowest BCUT2D eigenvalue weighted by molar-refractivity contribution is -0.142. The third kappa shape index (κ3) is 4.36. The van der Waals surface area contributed by atoms with Gasteiger partial charge in [0.05, 0.1) is 34.3 Å². The number of hydrogen-bond donors (Lipinski definition) is 0. The Morgan fingerprint density at radius 3 is 2.71 bits per heavy atom. The molecule has 1 aliphatic heterocycles. The third-order valence-electron chi connectivity index (χ3n) is 5.40. The molecule has 3 aromatic rings. The fourth-order valence-electron chi connectivity index (χ4n) is 3.84. The van der Waals surface area contributed by atoms with Crippen LogP contribution in [0.15, 0.2) is 41.1 Å². The third-order valence-corrected chi connectivity index (χ3v) is 5.40. The second kappa shape index (κ2) is 9.13. The van der Waals surface area contributed by atoms with E-state index in [1.807, 2.05) is 30.3 Å². The summed E-state index contributed by atoms with van der Waals surface area (Å²) >= 11 is 0. The number of esters is 1. The van der Waals surface area contributed by atoms with Gasteiger partial charge >= 0.3 is 5.97 Å². The summed E-state index contributed by atoms with van der Waals surface area (Å²) in [5, 5.41) is 4.05. The monoisotopic (exact) mass is 424 g/mol. The fraction of sp³-hybridized carbons (Fsp3) is 0.364. The molecule has 162 valence electrons. The van der Waals surface area contributed by atoms with Gasteiger partial charge in [0.25, 0.3) is 0 Å². The van der Waals surface area contributed by atoms with Crippen molar-refractivity contribution in [2.24, 2.45) is 0 Å². The van der Waals surface area contributed by atoms with E-state index in [0.29, 0.717) is 42.0 Å². The molecule has 0 saturated heterocycles. The van der Waals surface area contributed by atoms with Gasteiger partial charge < -0.3 is 18.7 Å². The predicted molar refractivity (Wildman–Crippen MR) is 111 cm³/mol. The smallest absolute Gasteiger partial charge is 0.307 e. The van der Waals surface area contributed by atoms with Gasteiger partial charge in [0.15, 0.2) is 11.5 Å². The summed E-state index contributed by atoms with van der Waals surface area (Å²) in [7, 11) is 4.60. The first-order valence-corrected chi connectivity index (χ1v) is 9.92. The molecule has 9 nitrogen and oxygen atoms in total. The lowest BCUT2D eigenvalue weighted by atomic mass is 9.90. The highest BCUT2D eigenvalue weighted by Gasteiger charge is 2.32. The summed E-state index contributed by atoms with van der Waals surface area (Å²) < 4.78 is 21.3. The Morgan fingerprint density at radius 1 is 1.19 bits per heavy atom. The second-order valence-corrected chi connectivity index (χ2v) is 7.15. The first-order valence-electron chi connectivity index (χ1n) is 9.92. The van der Waals surface area contributed by atoms with Crippen molar-refractivity contribution in [2.75, 3.05) is 27.9 Å². The number of nitrogens with zero attached hydrogens (tertiary/aromatic N) is 4. The summed E-state index contributed by atoms with van der Waals surface area (Å²) in [5.74, 6) is 1.89. The van der Waals surface area contributed by atoms with Crippen molar-refractivity contribution in [3.05, 3.63) is 53.5 Å². The lowest BCUT2D eigenvalue weighted by Gasteiger charge is -2.36. The molecule has 31 heavy (non-hydrogen) atoms. The average Bonchev–Trinajstić information content (AvgIpc) is 3.28. The molecule has 1 aromatic carbocycles. The van der Waals surface area contributed by atoms with E-state index in [2.05, 4.69) is 20.0 Å². The predicted octanol–water partition coefficient (Wildman–Crippen LogP) is 2.81. The van der Waals surface area contributed by atoms with Crippen molar-refractivity contribution in [2.45, 2.75) is 25.4 Å². The average molecular weight is 424 g/mol. The Labute approximate surface area is 179 Å². The van der Waals surface area contributed by atoms with E-state index in [1.54, 1.807) is 20.4 Å². The van der Waals surface area contributed by atoms with Crippen LogP contribution in [-0.4, -0.2) is 53.9 Å². The van der Waals surface area contributed by atoms with Crippen LogP contribution in [0.5, 0.6) is 11.5 Å². The van der Waals surface area contributed by atoms with E-state index in [9.17, 15) is 4.79 Å². The Hall–Kier alpha value is -3.46. The van der Waals surface area contributed by atoms with Gasteiger partial charge in [-0.05, 0) is 41.8 Å². The molecule has 0 amide bonds. The van der Waals surface area contributed by atoms with Crippen molar-refractivity contribution in [1.82, 2.24) is 20.0 Å². The molecule has 1 atom stereocenters. The van der Waals surface area contributed by atoms with Crippen molar-refractivity contribution in [3.8, 4) is 23.0 Å². The quantitative estimate of drug-likeness (QED) is 0.530. The number of pyridine rings is 1. The Bertz CT molecular complexity index is 1050. The molecule has 0 aliphatic carbocycles. The van der Waals surface area contributed by atoms with E-state index in [4.69, 9.17) is 18.7 Å². The molecule has 9 heteroatoms. The van der Waals surface area contributed by atoms with Gasteiger partial charge in [-0.1, -0.05) is 11.2 Å². The van der Waals surface area contributed by atoms with Crippen LogP contribution < -0.4 is 9.47 Å². The highest BCUT2D eigenvalue weighted by molar-refractivity contribution is 5.70. The minimum absolute atomic E-state index is 0.195. The zero-order chi connectivity index (χ0) is 21.8. The van der Waals surface area contributed by atoms with Crippen LogP contribution >= 0.6 is 0 Å². The minimum atomic E-state index is -0.294. The molecule has 0 saturated carbocycles. The molecule has 0 fully saturated rings. The minimum Gasteiger partial charge on any atom is -0.493 e. The molecular formula is C22H24N4O5. The van der Waals surface area contributed by atoms with Crippen molar-refractivity contribution >= 4 is 5.97 Å². The molecule has 1 unspecified atom stereocenters. The Morgan fingerprint density at radius 2 is 2.00 bits per heavy atom. The first-order chi connectivity index (χ1) is 15.1. The number of rotatable bonds is 7. The Kier molecular flexibility index (Phi) is 6.13. The van der Waals surface area contributed by atoms with Crippen LogP contribution in [0.3, 0.4) is 0 Å². The summed E-state index contributed by atoms with van der Waals surface area (Å²) in [6.07, 6.45) is 2.66. The van der Waals surface area contributed by atoms with E-state index in [0.717, 1.165) is 17.5 Å². The number of carbonyl (C=O) groups is 1. The largest absolute Gasteiger partial charge is 0.493 e. The van der Waals surface area contributed by atoms with Gasteiger partial charge in [-0.2, -0.15) is 4.98 Å². The standard InChI is InChI=1S/C22H24N4O5/c1-28-18-10-14-7-9-26(17(12-21(27)30-3)15(14)11-19(18)29-2)13-20-24-22(25-31-20)16-6-4-5-8-23-16/h4-6,8,10-11,17H,7,9,12-13H2,1-3H3. The summed E-state index contributed by atoms with van der Waals surface area (Å²) in [5.41, 5.74) is 2.76. The van der Waals surface area contributed by atoms with Crippen LogP contribution in [0.2, 0.25) is 0 Å². The molecular weight excluding hydrogens is 400 g/mol. The maximum atomic E-state index is 12.2. The van der Waals surface area contributed by atoms with Crippen LogP contribution in [0, 0.1) is 0 Å². The van der Waals surface area contributed by atoms with Gasteiger partial charge in [-0.3, -0.25) is 14.7 Å². The van der Waals surface area contributed by atoms with Gasteiger partial charge in [-0.15, -0.1) is 0 Å². The second-order valence-electron chi connectivity index (χ2n) is 7.15. The van der Waals surface area contributed by atoms with E-state index >= 15 is 0 Å². The van der Waals surface area contributed by atoms with Crippen molar-refractivity contribution in [1.29, 1.82) is 0 Å². The topological polar surface area (TPSA) is 99.8 Å². The van der Waals surface area contributed by atoms with E-state index in [-0.39, 0.29) is 18.4 Å². The molecule has 0 spiro atoms. The SMILES string of the molecule is COC(=O)CC1c2cc(OC)c(OC)cc2CCN1Cc1nc(-c2ccccn2)no1. The van der Waals surface area contributed by atoms with Gasteiger partial charge in [-0.25, -0.2) is 0 Å². The van der Waals surface area contributed by atoms with Gasteiger partial charge in [0.2, 0.25) is 11.7 Å². The van der Waals surface area contributed by atoms with Crippen LogP contribution in [0.4, 0.5) is 0 Å². The number of carbonyl (C=O) groups excluding carboxylic acids is 1. The van der Waals surface area contributed by atoms with Crippen LogP contribution in [0.1, 0.15) is 29.5 Å². The zero-order valence-corrected chi connectivity index (χ0v) is 17.7. The number of benzene rings is 1. The van der Waals surface area contributed by atoms with Crippen molar-refractivity contribution in [3.63, 3.8) is 0 Å². The number of methoxy groups -OCH3 is 3. The fourth-order valence-corrected chi connectivity index (χ4v) is 3.84. The maximum absolute atomic E-state index is 12.2. The molecule has 0 bridgehead atoms. The Balaban J connectivity index is 1.63. The van der Waals surface area contributed by atoms with Crippen LogP contribution in [0.25, 0.3) is 11.5 Å². The normalized spacial score (nSPS) is 15.9. The molecule has 3 heterocycles. The zero-order valence-electron chi connectivity index (χ0n) is 17.7. The number of hydrogen-bond acceptors (Lipinski definition) is 9. The van der Waals surface area contributed by atoms with Crippen molar-refractivity contribution < 1.29 is 23.5 Å². The van der Waals surface area contributed by atoms with E-state index in [1.165, 1.54) is 7.11 Å². The number of fused-ring (bicyclic) bond motifs is 1. The lowest BCUT2D eigenvalue weighted by Crippen LogP contribution is -2.36. The summed E-state index contributed by atoms with van der Waals surface area (Å²) in [6, 6.07) is 9.21. The summed E-state index contributed by atoms with van der Waals surface area (Å²) in [4.78, 5) is 23.1. The van der Waals surface area contributed by atoms with Crippen LogP contribution in [-0.2, 0) is 22.5 Å². The summed E-state index contributed by atoms with van der Waals surface area (Å²) in [6.45, 7) is 1.11. The van der Waals surface area contributed by atoms with E-state index < -0.39 is 0 Å². The first kappa shape index (κ1) is 20.8.